The average Bonchev–Trinajstić information content (AvgIpc) is 2.43. The van der Waals surface area contributed by atoms with Crippen molar-refractivity contribution in [3.8, 4) is 5.75 Å². The molecule has 3 nitrogen and oxygen atoms in total. The number of piperazine rings is 1. The normalized spacial score (nSPS) is 21.2. The second kappa shape index (κ2) is 7.43. The van der Waals surface area contributed by atoms with Gasteiger partial charge < -0.3 is 10.1 Å². The van der Waals surface area contributed by atoms with Gasteiger partial charge in [-0.3, -0.25) is 4.90 Å². The number of nitrogens with zero attached hydrogens (tertiary/aromatic N) is 1. The van der Waals surface area contributed by atoms with E-state index in [0.717, 1.165) is 31.7 Å². The highest BCUT2D eigenvalue weighted by Gasteiger charge is 2.33. The van der Waals surface area contributed by atoms with Gasteiger partial charge in [0.25, 0.3) is 0 Å². The summed E-state index contributed by atoms with van der Waals surface area (Å²) in [5.74, 6) is 0.770. The summed E-state index contributed by atoms with van der Waals surface area (Å²) in [6, 6.07) is 5.83. The van der Waals surface area contributed by atoms with E-state index in [4.69, 9.17) is 4.74 Å². The van der Waals surface area contributed by atoms with Gasteiger partial charge in [-0.1, -0.05) is 12.5 Å². The number of hydrogen-bond donors (Lipinski definition) is 1. The Kier molecular flexibility index (Phi) is 5.85. The third-order valence-corrected chi connectivity index (χ3v) is 4.66. The standard InChI is InChI=1S/C16H23FN2O.ClH/c1-20-15-6-5-13(11-14(15)17)16(12-3-2-4-12)19-9-7-18-8-10-19;/h5-6,11-12,16,18H,2-4,7-10H2,1H3;1H/t16-;/m1./s1. The van der Waals surface area contributed by atoms with Crippen LogP contribution in [0.25, 0.3) is 0 Å². The van der Waals surface area contributed by atoms with Crippen molar-refractivity contribution in [2.45, 2.75) is 25.3 Å². The van der Waals surface area contributed by atoms with Gasteiger partial charge in [-0.05, 0) is 36.5 Å². The van der Waals surface area contributed by atoms with Crippen molar-refractivity contribution >= 4 is 12.4 Å². The van der Waals surface area contributed by atoms with E-state index < -0.39 is 0 Å². The Morgan fingerprint density at radius 3 is 2.52 bits per heavy atom. The summed E-state index contributed by atoms with van der Waals surface area (Å²) >= 11 is 0. The zero-order chi connectivity index (χ0) is 13.9. The quantitative estimate of drug-likeness (QED) is 0.924. The molecule has 0 radical (unpaired) electrons. The predicted octanol–water partition coefficient (Wildman–Crippen LogP) is 3.00. The summed E-state index contributed by atoms with van der Waals surface area (Å²) in [6.07, 6.45) is 3.84. The molecule has 0 spiro atoms. The molecule has 1 heterocycles. The average molecular weight is 315 g/mol. The fraction of sp³-hybridized carbons (Fsp3) is 0.625. The van der Waals surface area contributed by atoms with Gasteiger partial charge in [0, 0.05) is 32.2 Å². The van der Waals surface area contributed by atoms with Gasteiger partial charge in [0.2, 0.25) is 0 Å². The van der Waals surface area contributed by atoms with Crippen LogP contribution in [0, 0.1) is 11.7 Å². The van der Waals surface area contributed by atoms with Gasteiger partial charge in [-0.15, -0.1) is 12.4 Å². The summed E-state index contributed by atoms with van der Waals surface area (Å²) in [5.41, 5.74) is 1.11. The lowest BCUT2D eigenvalue weighted by Gasteiger charge is -2.43. The Bertz CT molecular complexity index is 462. The second-order valence-corrected chi connectivity index (χ2v) is 5.82. The van der Waals surface area contributed by atoms with Crippen molar-refractivity contribution in [1.29, 1.82) is 0 Å². The molecule has 5 heteroatoms. The molecule has 1 aromatic rings. The van der Waals surface area contributed by atoms with E-state index in [2.05, 4.69) is 10.2 Å². The van der Waals surface area contributed by atoms with E-state index in [0.29, 0.717) is 17.7 Å². The molecule has 1 N–H and O–H groups in total. The molecule has 1 aromatic carbocycles. The van der Waals surface area contributed by atoms with E-state index in [1.807, 2.05) is 6.07 Å². The molecule has 1 aliphatic carbocycles. The molecule has 1 saturated heterocycles. The van der Waals surface area contributed by atoms with Gasteiger partial charge >= 0.3 is 0 Å². The van der Waals surface area contributed by atoms with E-state index in [9.17, 15) is 4.39 Å². The van der Waals surface area contributed by atoms with Gasteiger partial charge in [0.1, 0.15) is 0 Å². The molecule has 0 bridgehead atoms. The lowest BCUT2D eigenvalue weighted by molar-refractivity contribution is 0.0834. The van der Waals surface area contributed by atoms with E-state index >= 15 is 0 Å². The topological polar surface area (TPSA) is 24.5 Å². The molecule has 21 heavy (non-hydrogen) atoms. The number of halogens is 2. The maximum Gasteiger partial charge on any atom is 0.165 e. The number of ether oxygens (including phenoxy) is 1. The first-order valence-electron chi connectivity index (χ1n) is 7.58. The fourth-order valence-electron chi connectivity index (χ4n) is 3.36. The van der Waals surface area contributed by atoms with Crippen LogP contribution in [0.4, 0.5) is 4.39 Å². The maximum absolute atomic E-state index is 14.0. The van der Waals surface area contributed by atoms with E-state index in [1.54, 1.807) is 12.1 Å². The third-order valence-electron chi connectivity index (χ3n) is 4.66. The molecule has 118 valence electrons. The van der Waals surface area contributed by atoms with Crippen molar-refractivity contribution < 1.29 is 9.13 Å². The van der Waals surface area contributed by atoms with Gasteiger partial charge in [-0.2, -0.15) is 0 Å². The summed E-state index contributed by atoms with van der Waals surface area (Å²) < 4.78 is 19.0. The molecular weight excluding hydrogens is 291 g/mol. The number of benzene rings is 1. The van der Waals surface area contributed by atoms with Crippen molar-refractivity contribution in [1.82, 2.24) is 10.2 Å². The second-order valence-electron chi connectivity index (χ2n) is 5.82. The van der Waals surface area contributed by atoms with Crippen molar-refractivity contribution in [2.75, 3.05) is 33.3 Å². The summed E-state index contributed by atoms with van der Waals surface area (Å²) in [7, 11) is 1.51. The molecule has 0 unspecified atom stereocenters. The minimum Gasteiger partial charge on any atom is -0.494 e. The van der Waals surface area contributed by atoms with Gasteiger partial charge in [0.15, 0.2) is 11.6 Å². The van der Waals surface area contributed by atoms with Crippen molar-refractivity contribution in [3.63, 3.8) is 0 Å². The van der Waals surface area contributed by atoms with Crippen LogP contribution in [0.15, 0.2) is 18.2 Å². The summed E-state index contributed by atoms with van der Waals surface area (Å²) in [4.78, 5) is 2.52. The Hall–Kier alpha value is -0.840. The molecule has 2 fully saturated rings. The SMILES string of the molecule is COc1ccc([C@@H](C2CCC2)N2CCNCC2)cc1F.Cl. The zero-order valence-corrected chi connectivity index (χ0v) is 13.3. The maximum atomic E-state index is 14.0. The largest absolute Gasteiger partial charge is 0.494 e. The van der Waals surface area contributed by atoms with Crippen LogP contribution in [-0.4, -0.2) is 38.2 Å². The molecule has 1 saturated carbocycles. The first kappa shape index (κ1) is 16.5. The molecular formula is C16H24ClFN2O. The summed E-state index contributed by atoms with van der Waals surface area (Å²) in [5, 5.41) is 3.39. The number of methoxy groups -OCH3 is 1. The Morgan fingerprint density at radius 1 is 1.29 bits per heavy atom. The molecule has 1 atom stereocenters. The minimum atomic E-state index is -0.246. The Labute approximate surface area is 132 Å². The predicted molar refractivity (Wildman–Crippen MR) is 84.7 cm³/mol. The van der Waals surface area contributed by atoms with E-state index in [1.165, 1.54) is 26.4 Å². The van der Waals surface area contributed by atoms with Gasteiger partial charge in [-0.25, -0.2) is 4.39 Å². The van der Waals surface area contributed by atoms with Crippen LogP contribution in [-0.2, 0) is 0 Å². The number of hydrogen-bond acceptors (Lipinski definition) is 3. The van der Waals surface area contributed by atoms with E-state index in [-0.39, 0.29) is 18.2 Å². The first-order valence-corrected chi connectivity index (χ1v) is 7.58. The van der Waals surface area contributed by atoms with Crippen LogP contribution >= 0.6 is 12.4 Å². The summed E-state index contributed by atoms with van der Waals surface area (Å²) in [6.45, 7) is 4.16. The monoisotopic (exact) mass is 314 g/mol. The highest BCUT2D eigenvalue weighted by atomic mass is 35.5. The van der Waals surface area contributed by atoms with Crippen LogP contribution < -0.4 is 10.1 Å². The molecule has 3 rings (SSSR count). The highest BCUT2D eigenvalue weighted by Crippen LogP contribution is 2.42. The molecule has 0 aromatic heterocycles. The fourth-order valence-corrected chi connectivity index (χ4v) is 3.36. The highest BCUT2D eigenvalue weighted by molar-refractivity contribution is 5.85. The molecule has 0 amide bonds. The zero-order valence-electron chi connectivity index (χ0n) is 12.5. The van der Waals surface area contributed by atoms with Crippen molar-refractivity contribution in [3.05, 3.63) is 29.6 Å². The Balaban J connectivity index is 0.00000161. The van der Waals surface area contributed by atoms with Crippen LogP contribution in [0.1, 0.15) is 30.9 Å². The smallest absolute Gasteiger partial charge is 0.165 e. The van der Waals surface area contributed by atoms with Crippen molar-refractivity contribution in [2.24, 2.45) is 5.92 Å². The van der Waals surface area contributed by atoms with Gasteiger partial charge in [0.05, 0.1) is 7.11 Å². The van der Waals surface area contributed by atoms with Crippen LogP contribution in [0.5, 0.6) is 5.75 Å². The lowest BCUT2D eigenvalue weighted by Crippen LogP contribution is -2.47. The Morgan fingerprint density at radius 2 is 2.00 bits per heavy atom. The molecule has 2 aliphatic rings. The van der Waals surface area contributed by atoms with Crippen LogP contribution in [0.2, 0.25) is 0 Å². The molecule has 1 aliphatic heterocycles. The minimum absolute atomic E-state index is 0. The lowest BCUT2D eigenvalue weighted by atomic mass is 9.76. The first-order chi connectivity index (χ1) is 9.79. The third kappa shape index (κ3) is 3.50. The van der Waals surface area contributed by atoms with Crippen LogP contribution in [0.3, 0.4) is 0 Å². The number of rotatable bonds is 4. The number of nitrogens with one attached hydrogen (secondary N) is 1.